The van der Waals surface area contributed by atoms with Crippen LogP contribution in [0.4, 0.5) is 0 Å². The quantitative estimate of drug-likeness (QED) is 0.0802. The lowest BCUT2D eigenvalue weighted by Crippen LogP contribution is -1.97. The van der Waals surface area contributed by atoms with Crippen molar-refractivity contribution in [3.05, 3.63) is 474 Å². The van der Waals surface area contributed by atoms with Crippen LogP contribution >= 0.6 is 0 Å². The molecule has 6 heterocycles. The van der Waals surface area contributed by atoms with Gasteiger partial charge in [0.2, 0.25) is 0 Å². The number of fused-ring (bicyclic) bond motifs is 2. The minimum atomic E-state index is 0.770. The second-order valence-electron chi connectivity index (χ2n) is 31.7. The number of rotatable bonds is 19. The van der Waals surface area contributed by atoms with E-state index in [0.717, 1.165) is 224 Å². The highest BCUT2D eigenvalue weighted by Gasteiger charge is 2.23. The Hall–Kier alpha value is -16.9. The van der Waals surface area contributed by atoms with E-state index in [1.807, 2.05) is 49.1 Å². The molecule has 0 saturated heterocycles. The lowest BCUT2D eigenvalue weighted by molar-refractivity contribution is 1.10. The highest BCUT2D eigenvalue weighted by molar-refractivity contribution is 5.98. The van der Waals surface area contributed by atoms with Gasteiger partial charge < -0.3 is 0 Å². The first-order valence-electron chi connectivity index (χ1n) is 42.6. The van der Waals surface area contributed by atoms with Crippen molar-refractivity contribution in [1.29, 1.82) is 0 Å². The van der Waals surface area contributed by atoms with Crippen LogP contribution in [0.2, 0.25) is 0 Å². The van der Waals surface area contributed by atoms with Gasteiger partial charge in [0.25, 0.3) is 0 Å². The highest BCUT2D eigenvalue weighted by atomic mass is 15.1. The monoisotopic (exact) mass is 1610 g/mol. The van der Waals surface area contributed by atoms with Crippen molar-refractivity contribution in [3.63, 3.8) is 0 Å². The molecule has 0 saturated carbocycles. The summed E-state index contributed by atoms with van der Waals surface area (Å²) >= 11 is 0. The third kappa shape index (κ3) is 14.6. The van der Waals surface area contributed by atoms with Gasteiger partial charge >= 0.3 is 0 Å². The maximum Gasteiger partial charge on any atom is 0.145 e. The molecule has 0 unspecified atom stereocenters. The van der Waals surface area contributed by atoms with Gasteiger partial charge in [-0.05, 0) is 244 Å². The fourth-order valence-electron chi connectivity index (χ4n) is 17.9. The van der Waals surface area contributed by atoms with Crippen LogP contribution in [0.3, 0.4) is 0 Å². The normalized spacial score (nSPS) is 11.3. The Morgan fingerprint density at radius 1 is 0.151 bits per heavy atom. The van der Waals surface area contributed by atoms with E-state index in [2.05, 4.69) is 444 Å². The molecule has 8 nitrogen and oxygen atoms in total. The average Bonchev–Trinajstić information content (AvgIpc) is 1.56. The first-order valence-corrected chi connectivity index (χ1v) is 42.6. The van der Waals surface area contributed by atoms with Crippen LogP contribution in [0.5, 0.6) is 0 Å². The van der Waals surface area contributed by atoms with E-state index in [4.69, 9.17) is 19.9 Å². The van der Waals surface area contributed by atoms with Crippen LogP contribution in [0, 0.1) is 0 Å². The van der Waals surface area contributed by atoms with Gasteiger partial charge in [0, 0.05) is 69.5 Å². The number of aromatic nitrogens is 8. The van der Waals surface area contributed by atoms with E-state index in [1.165, 1.54) is 0 Å². The van der Waals surface area contributed by atoms with Crippen molar-refractivity contribution < 1.29 is 0 Å². The maximum absolute atomic E-state index is 5.25. The Labute approximate surface area is 731 Å². The van der Waals surface area contributed by atoms with E-state index in [9.17, 15) is 0 Å². The number of nitrogens with zero attached hydrogens (tertiary/aromatic N) is 8. The summed E-state index contributed by atoms with van der Waals surface area (Å²) in [4.78, 5) is 30.3. The minimum Gasteiger partial charge on any atom is -0.292 e. The third-order valence-electron chi connectivity index (χ3n) is 24.1. The van der Waals surface area contributed by atoms with Crippen molar-refractivity contribution in [2.75, 3.05) is 0 Å². The molecule has 0 aliphatic heterocycles. The van der Waals surface area contributed by atoms with Crippen LogP contribution < -0.4 is 0 Å². The van der Waals surface area contributed by atoms with Crippen LogP contribution in [-0.4, -0.2) is 39.0 Å². The van der Waals surface area contributed by atoms with E-state index in [-0.39, 0.29) is 0 Å². The van der Waals surface area contributed by atoms with Gasteiger partial charge in [-0.15, -0.1) is 0 Å². The smallest absolute Gasteiger partial charge is 0.145 e. The molecule has 0 radical (unpaired) electrons. The first-order chi connectivity index (χ1) is 62.5. The molecule has 16 aromatic carbocycles. The minimum absolute atomic E-state index is 0.770. The molecule has 0 atom stereocenters. The van der Waals surface area contributed by atoms with Gasteiger partial charge in [-0.3, -0.25) is 29.1 Å². The van der Waals surface area contributed by atoms with Crippen LogP contribution in [0.15, 0.2) is 474 Å². The van der Waals surface area contributed by atoms with Crippen molar-refractivity contribution in [2.24, 2.45) is 0 Å². The molecule has 0 fully saturated rings. The van der Waals surface area contributed by atoms with E-state index < -0.39 is 0 Å². The molecule has 22 rings (SSSR count). The molecular formula is C118H78N8. The summed E-state index contributed by atoms with van der Waals surface area (Å²) in [5.74, 6) is 1.78. The van der Waals surface area contributed by atoms with E-state index >= 15 is 0 Å². The molecule has 8 heteroatoms. The zero-order valence-electron chi connectivity index (χ0n) is 68.6. The van der Waals surface area contributed by atoms with Gasteiger partial charge in [-0.1, -0.05) is 328 Å². The van der Waals surface area contributed by atoms with Crippen LogP contribution in [-0.2, 0) is 0 Å². The highest BCUT2D eigenvalue weighted by Crippen LogP contribution is 2.47. The molecular weight excluding hydrogens is 1530 g/mol. The SMILES string of the molecule is c1ccc(-n2c(-c3ccc(-c4ccccc4-c4cc(-c5ccccc5-c5ccc(-c6nc7ccccc7n6-c6ccccc6)cc5)cc(-c5ccccc5-c5ccc(-c6ccc(-c7ccccc7-c7cc(-c8ccccc8-c8ccc(-c9ccccn9)cc8)cc(-c8ccccc8-c8ccc(-c9ccccn9)cc8)c7)cn6)nc5)c4)cc3)nc3ccccc32)cc1. The van der Waals surface area contributed by atoms with Crippen molar-refractivity contribution in [3.8, 4) is 202 Å². The predicted octanol–water partition coefficient (Wildman–Crippen LogP) is 30.3. The van der Waals surface area contributed by atoms with E-state index in [1.54, 1.807) is 0 Å². The summed E-state index contributed by atoms with van der Waals surface area (Å²) in [6.45, 7) is 0. The number of para-hydroxylation sites is 6. The summed E-state index contributed by atoms with van der Waals surface area (Å²) < 4.78 is 4.52. The number of imidazole rings is 2. The zero-order valence-corrected chi connectivity index (χ0v) is 68.6. The Morgan fingerprint density at radius 2 is 0.381 bits per heavy atom. The summed E-state index contributed by atoms with van der Waals surface area (Å²) in [6.07, 6.45) is 7.69. The Balaban J connectivity index is 0.612. The number of hydrogen-bond acceptors (Lipinski definition) is 6. The molecule has 0 bridgehead atoms. The third-order valence-corrected chi connectivity index (χ3v) is 24.1. The lowest BCUT2D eigenvalue weighted by atomic mass is 9.86. The molecule has 590 valence electrons. The fourth-order valence-corrected chi connectivity index (χ4v) is 17.9. The summed E-state index contributed by atoms with van der Waals surface area (Å²) in [5.41, 5.74) is 39.9. The van der Waals surface area contributed by atoms with Crippen LogP contribution in [0.25, 0.3) is 224 Å². The largest absolute Gasteiger partial charge is 0.292 e. The van der Waals surface area contributed by atoms with Gasteiger partial charge in [0.15, 0.2) is 0 Å². The lowest BCUT2D eigenvalue weighted by Gasteiger charge is -2.18. The summed E-state index contributed by atoms with van der Waals surface area (Å²) in [7, 11) is 0. The first kappa shape index (κ1) is 75.3. The van der Waals surface area contributed by atoms with Gasteiger partial charge in [-0.2, -0.15) is 0 Å². The topological polar surface area (TPSA) is 87.2 Å². The van der Waals surface area contributed by atoms with Crippen molar-refractivity contribution >= 4 is 22.1 Å². The second-order valence-corrected chi connectivity index (χ2v) is 31.7. The zero-order chi connectivity index (χ0) is 83.6. The maximum atomic E-state index is 5.25. The average molecular weight is 1610 g/mol. The summed E-state index contributed by atoms with van der Waals surface area (Å²) in [5, 5.41) is 0. The summed E-state index contributed by atoms with van der Waals surface area (Å²) in [6, 6.07) is 160. The van der Waals surface area contributed by atoms with Crippen molar-refractivity contribution in [1.82, 2.24) is 39.0 Å². The molecule has 0 aliphatic rings. The molecule has 0 N–H and O–H groups in total. The predicted molar refractivity (Wildman–Crippen MR) is 519 cm³/mol. The molecule has 6 aromatic heterocycles. The number of pyridine rings is 4. The number of benzene rings is 16. The molecule has 0 amide bonds. The Bertz CT molecular complexity index is 7370. The van der Waals surface area contributed by atoms with Crippen LogP contribution in [0.1, 0.15) is 0 Å². The van der Waals surface area contributed by atoms with Crippen molar-refractivity contribution in [2.45, 2.75) is 0 Å². The second kappa shape index (κ2) is 33.2. The molecule has 126 heavy (non-hydrogen) atoms. The molecule has 22 aromatic rings. The Kier molecular flexibility index (Phi) is 19.9. The fraction of sp³-hybridized carbons (Fsp3) is 0. The van der Waals surface area contributed by atoms with Gasteiger partial charge in [0.05, 0.1) is 44.8 Å². The van der Waals surface area contributed by atoms with Gasteiger partial charge in [0.1, 0.15) is 11.6 Å². The Morgan fingerprint density at radius 3 is 0.651 bits per heavy atom. The van der Waals surface area contributed by atoms with E-state index in [0.29, 0.717) is 0 Å². The molecule has 0 spiro atoms. The number of hydrogen-bond donors (Lipinski definition) is 0. The van der Waals surface area contributed by atoms with Gasteiger partial charge in [-0.25, -0.2) is 9.97 Å². The molecule has 0 aliphatic carbocycles. The standard InChI is InChI=1S/C118H78N8/c1-3-27-95(28-4-1)125-115-47-21-19-45-113(115)123-117(125)85-61-53-81(54-62-85)99-33-9-15-39-105(99)91-72-92(106-40-16-10-34-100(106)82-55-63-86(64-56-82)118-124-114-46-20-22-48-116(114)126(118)96-29-5-2-6-30-96)76-94(75-91)108-42-18-12-36-102(108)88-66-68-112(122-78-88)111-67-65-87(77-121-111)101-35-11-17-41-107(101)93-73-89(103-37-13-7-31-97(103)79-49-57-83(58-50-79)109-43-23-25-69-119-109)71-90(74-93)104-38-14-8-32-98(104)80-51-59-84(60-52-80)110-44-24-26-70-120-110/h1-78H.